The molecule has 2 heterocycles. The third kappa shape index (κ3) is 4.99. The summed E-state index contributed by atoms with van der Waals surface area (Å²) >= 11 is 3.27. The molecule has 0 saturated carbocycles. The Bertz CT molecular complexity index is 1420. The van der Waals surface area contributed by atoms with Gasteiger partial charge < -0.3 is 20.8 Å². The molecule has 34 heavy (non-hydrogen) atoms. The summed E-state index contributed by atoms with van der Waals surface area (Å²) in [7, 11) is 0. The van der Waals surface area contributed by atoms with Crippen LogP contribution in [0.25, 0.3) is 11.0 Å². The summed E-state index contributed by atoms with van der Waals surface area (Å²) in [6.07, 6.45) is 1.38. The molecule has 8 nitrogen and oxygen atoms in total. The van der Waals surface area contributed by atoms with Gasteiger partial charge in [-0.15, -0.1) is 0 Å². The summed E-state index contributed by atoms with van der Waals surface area (Å²) in [5, 5.41) is 6.39. The number of carbonyl (C=O) groups excluding carboxylic acids is 2. The largest absolute Gasteiger partial charge is 0.422 e. The lowest BCUT2D eigenvalue weighted by atomic mass is 9.99. The Morgan fingerprint density at radius 2 is 1.71 bits per heavy atom. The fourth-order valence-electron chi connectivity index (χ4n) is 3.54. The second kappa shape index (κ2) is 9.88. The lowest BCUT2D eigenvalue weighted by molar-refractivity contribution is 0.0885. The average molecular weight is 521 g/mol. The van der Waals surface area contributed by atoms with E-state index in [0.717, 1.165) is 5.56 Å². The van der Waals surface area contributed by atoms with Crippen molar-refractivity contribution in [1.29, 1.82) is 0 Å². The van der Waals surface area contributed by atoms with E-state index in [1.54, 1.807) is 37.3 Å². The number of fused-ring (bicyclic) bond motifs is 1. The minimum absolute atomic E-state index is 0.115. The molecule has 0 fully saturated rings. The Morgan fingerprint density at radius 3 is 2.44 bits per heavy atom. The Hall–Kier alpha value is -3.98. The normalized spacial score (nSPS) is 12.6. The number of carbonyl (C=O) groups is 2. The fraction of sp³-hybridized carbons (Fsp3) is 0.120. The van der Waals surface area contributed by atoms with Gasteiger partial charge in [0, 0.05) is 11.6 Å². The van der Waals surface area contributed by atoms with Crippen molar-refractivity contribution in [3.05, 3.63) is 105 Å². The molecule has 172 valence electrons. The van der Waals surface area contributed by atoms with Crippen molar-refractivity contribution in [2.45, 2.75) is 19.0 Å². The molecule has 0 aliphatic heterocycles. The molecule has 0 saturated heterocycles. The molecule has 4 rings (SSSR count). The summed E-state index contributed by atoms with van der Waals surface area (Å²) in [4.78, 5) is 42.3. The van der Waals surface area contributed by atoms with Crippen molar-refractivity contribution in [3.63, 3.8) is 0 Å². The van der Waals surface area contributed by atoms with Gasteiger partial charge in [-0.25, -0.2) is 9.78 Å². The van der Waals surface area contributed by atoms with Crippen LogP contribution in [0.5, 0.6) is 0 Å². The number of rotatable bonds is 6. The zero-order valence-corrected chi connectivity index (χ0v) is 19.7. The highest BCUT2D eigenvalue weighted by atomic mass is 79.9. The molecule has 2 amide bonds. The number of anilines is 1. The van der Waals surface area contributed by atoms with Crippen LogP contribution < -0.4 is 22.0 Å². The van der Waals surface area contributed by atoms with Gasteiger partial charge >= 0.3 is 5.63 Å². The lowest BCUT2D eigenvalue weighted by Crippen LogP contribution is -2.45. The van der Waals surface area contributed by atoms with Crippen LogP contribution in [-0.2, 0) is 0 Å². The van der Waals surface area contributed by atoms with E-state index in [9.17, 15) is 14.4 Å². The third-order valence-electron chi connectivity index (χ3n) is 5.32. The second-order valence-electron chi connectivity index (χ2n) is 7.70. The molecule has 0 aliphatic rings. The maximum atomic E-state index is 13.0. The first-order valence-electron chi connectivity index (χ1n) is 10.4. The number of benzene rings is 2. The highest BCUT2D eigenvalue weighted by Gasteiger charge is 2.25. The first kappa shape index (κ1) is 23.2. The Labute approximate surface area is 203 Å². The van der Waals surface area contributed by atoms with Gasteiger partial charge in [-0.2, -0.15) is 0 Å². The molecule has 2 unspecified atom stereocenters. The Morgan fingerprint density at radius 1 is 1.00 bits per heavy atom. The van der Waals surface area contributed by atoms with E-state index in [2.05, 4.69) is 31.5 Å². The highest BCUT2D eigenvalue weighted by molar-refractivity contribution is 9.10. The maximum absolute atomic E-state index is 13.0. The molecule has 2 aromatic carbocycles. The number of nitrogen functional groups attached to an aromatic ring is 1. The zero-order chi connectivity index (χ0) is 24.2. The van der Waals surface area contributed by atoms with Crippen LogP contribution in [0.3, 0.4) is 0 Å². The number of nitrogens with one attached hydrogen (secondary N) is 2. The van der Waals surface area contributed by atoms with Crippen molar-refractivity contribution in [2.75, 3.05) is 5.73 Å². The molecule has 0 bridgehead atoms. The van der Waals surface area contributed by atoms with E-state index in [4.69, 9.17) is 10.2 Å². The second-order valence-corrected chi connectivity index (χ2v) is 8.55. The van der Waals surface area contributed by atoms with Gasteiger partial charge in [-0.05, 0) is 46.6 Å². The molecule has 2 atom stereocenters. The number of halogens is 1. The summed E-state index contributed by atoms with van der Waals surface area (Å²) in [5.74, 6) is -0.724. The van der Waals surface area contributed by atoms with E-state index in [1.807, 2.05) is 30.3 Å². The number of nitrogens with zero attached hydrogens (tertiary/aromatic N) is 1. The van der Waals surface area contributed by atoms with Gasteiger partial charge in [0.15, 0.2) is 0 Å². The monoisotopic (exact) mass is 520 g/mol. The fourth-order valence-corrected chi connectivity index (χ4v) is 3.89. The van der Waals surface area contributed by atoms with Crippen molar-refractivity contribution in [3.8, 4) is 0 Å². The topological polar surface area (TPSA) is 127 Å². The summed E-state index contributed by atoms with van der Waals surface area (Å²) in [5.41, 5.74) is 6.34. The number of para-hydroxylation sites is 1. The van der Waals surface area contributed by atoms with E-state index in [-0.39, 0.29) is 11.4 Å². The molecule has 0 radical (unpaired) electrons. The van der Waals surface area contributed by atoms with Crippen LogP contribution in [0.15, 0.2) is 86.6 Å². The zero-order valence-electron chi connectivity index (χ0n) is 18.1. The van der Waals surface area contributed by atoms with E-state index in [1.165, 1.54) is 12.3 Å². The molecule has 2 aromatic heterocycles. The standard InChI is InChI=1S/C25H21BrN4O4/c1-14(29-24(32)18-11-16-9-5-6-10-20(16)34-25(18)33)21(15-7-3-2-4-8-15)30-23(31)17-12-19(26)22(27)28-13-17/h2-14,21H,1H3,(H2,27,28)(H,29,32)(H,30,31). The van der Waals surface area contributed by atoms with Crippen molar-refractivity contribution in [2.24, 2.45) is 0 Å². The molecular weight excluding hydrogens is 500 g/mol. The van der Waals surface area contributed by atoms with Crippen LogP contribution in [0, 0.1) is 0 Å². The van der Waals surface area contributed by atoms with Crippen LogP contribution >= 0.6 is 15.9 Å². The molecule has 9 heteroatoms. The molecule has 4 aromatic rings. The van der Waals surface area contributed by atoms with E-state index >= 15 is 0 Å². The summed E-state index contributed by atoms with van der Waals surface area (Å²) < 4.78 is 5.78. The van der Waals surface area contributed by atoms with Crippen LogP contribution in [0.1, 0.15) is 39.2 Å². The van der Waals surface area contributed by atoms with Crippen molar-refractivity contribution < 1.29 is 14.0 Å². The first-order valence-corrected chi connectivity index (χ1v) is 11.2. The average Bonchev–Trinajstić information content (AvgIpc) is 2.84. The predicted molar refractivity (Wildman–Crippen MR) is 132 cm³/mol. The van der Waals surface area contributed by atoms with Crippen molar-refractivity contribution >= 4 is 44.5 Å². The third-order valence-corrected chi connectivity index (χ3v) is 5.96. The Kier molecular flexibility index (Phi) is 6.74. The molecule has 0 spiro atoms. The predicted octanol–water partition coefficient (Wildman–Crippen LogP) is 3.82. The lowest BCUT2D eigenvalue weighted by Gasteiger charge is -2.26. The number of nitrogens with two attached hydrogens (primary N) is 1. The number of hydrogen-bond donors (Lipinski definition) is 3. The quantitative estimate of drug-likeness (QED) is 0.331. The number of pyridine rings is 1. The van der Waals surface area contributed by atoms with Crippen molar-refractivity contribution in [1.82, 2.24) is 15.6 Å². The minimum Gasteiger partial charge on any atom is -0.422 e. The smallest absolute Gasteiger partial charge is 0.349 e. The van der Waals surface area contributed by atoms with Gasteiger partial charge in [0.05, 0.1) is 22.1 Å². The maximum Gasteiger partial charge on any atom is 0.349 e. The van der Waals surface area contributed by atoms with Gasteiger partial charge in [0.25, 0.3) is 11.8 Å². The molecule has 0 aliphatic carbocycles. The van der Waals surface area contributed by atoms with Gasteiger partial charge in [0.2, 0.25) is 0 Å². The Balaban J connectivity index is 1.60. The first-order chi connectivity index (χ1) is 16.3. The van der Waals surface area contributed by atoms with Crippen LogP contribution in [0.4, 0.5) is 5.82 Å². The number of aromatic nitrogens is 1. The van der Waals surface area contributed by atoms with Gasteiger partial charge in [-0.3, -0.25) is 9.59 Å². The molecular formula is C25H21BrN4O4. The highest BCUT2D eigenvalue weighted by Crippen LogP contribution is 2.21. The number of hydrogen-bond acceptors (Lipinski definition) is 6. The minimum atomic E-state index is -0.735. The van der Waals surface area contributed by atoms with Gasteiger partial charge in [0.1, 0.15) is 17.0 Å². The van der Waals surface area contributed by atoms with Crippen LogP contribution in [-0.4, -0.2) is 22.8 Å². The summed E-state index contributed by atoms with van der Waals surface area (Å²) in [6, 6.07) is 18.1. The molecule has 4 N–H and O–H groups in total. The number of amides is 2. The van der Waals surface area contributed by atoms with Gasteiger partial charge in [-0.1, -0.05) is 48.5 Å². The van der Waals surface area contributed by atoms with Crippen LogP contribution in [0.2, 0.25) is 0 Å². The summed E-state index contributed by atoms with van der Waals surface area (Å²) in [6.45, 7) is 1.75. The van der Waals surface area contributed by atoms with E-state index in [0.29, 0.717) is 21.0 Å². The van der Waals surface area contributed by atoms with E-state index < -0.39 is 29.5 Å². The SMILES string of the molecule is CC(NC(=O)c1cc2ccccc2oc1=O)C(NC(=O)c1cnc(N)c(Br)c1)c1ccccc1.